The van der Waals surface area contributed by atoms with Gasteiger partial charge in [0.25, 0.3) is 0 Å². The maximum absolute atomic E-state index is 13.2. The molecule has 4 N–H and O–H groups in total. The molecule has 0 aliphatic heterocycles. The van der Waals surface area contributed by atoms with Crippen LogP contribution in [0.4, 0.5) is 4.39 Å². The average Bonchev–Trinajstić information content (AvgIpc) is 2.45. The maximum atomic E-state index is 13.2. The molecule has 4 heteroatoms. The van der Waals surface area contributed by atoms with Gasteiger partial charge in [-0.3, -0.25) is 0 Å². The van der Waals surface area contributed by atoms with E-state index in [0.29, 0.717) is 24.1 Å². The first kappa shape index (κ1) is 16.4. The van der Waals surface area contributed by atoms with Crippen LogP contribution in [0, 0.1) is 11.7 Å². The van der Waals surface area contributed by atoms with Gasteiger partial charge in [0.05, 0.1) is 6.10 Å². The molecule has 21 heavy (non-hydrogen) atoms. The third-order valence-corrected chi connectivity index (χ3v) is 4.78. The highest BCUT2D eigenvalue weighted by molar-refractivity contribution is 5.19. The second kappa shape index (κ2) is 6.86. The molecule has 0 spiro atoms. The number of aliphatic hydroxyl groups is 1. The summed E-state index contributed by atoms with van der Waals surface area (Å²) in [6.45, 7) is 4.78. The van der Waals surface area contributed by atoms with E-state index in [1.54, 1.807) is 12.1 Å². The lowest BCUT2D eigenvalue weighted by molar-refractivity contribution is 0.130. The van der Waals surface area contributed by atoms with E-state index in [9.17, 15) is 9.50 Å². The molecule has 0 unspecified atom stereocenters. The molecule has 0 saturated heterocycles. The summed E-state index contributed by atoms with van der Waals surface area (Å²) < 4.78 is 13.2. The third-order valence-electron chi connectivity index (χ3n) is 4.78. The van der Waals surface area contributed by atoms with Crippen molar-refractivity contribution >= 4 is 0 Å². The summed E-state index contributed by atoms with van der Waals surface area (Å²) in [5, 5.41) is 13.6. The number of halogens is 1. The fraction of sp³-hybridized carbons (Fsp3) is 0.647. The van der Waals surface area contributed by atoms with Gasteiger partial charge in [-0.25, -0.2) is 4.39 Å². The smallest absolute Gasteiger partial charge is 0.123 e. The normalized spacial score (nSPS) is 24.8. The second-order valence-corrected chi connectivity index (χ2v) is 6.79. The summed E-state index contributed by atoms with van der Waals surface area (Å²) in [7, 11) is 0. The second-order valence-electron chi connectivity index (χ2n) is 6.79. The molecule has 0 radical (unpaired) electrons. The Kier molecular flexibility index (Phi) is 5.36. The van der Waals surface area contributed by atoms with E-state index in [-0.39, 0.29) is 11.4 Å². The molecular weight excluding hydrogens is 267 g/mol. The Balaban J connectivity index is 1.89. The number of aliphatic hydroxyl groups excluding tert-OH is 1. The zero-order chi connectivity index (χ0) is 15.5. The Morgan fingerprint density at radius 1 is 1.33 bits per heavy atom. The molecule has 1 aromatic carbocycles. The SMILES string of the molecule is CC(C)(NC[C@H](O)c1cccc(F)c1)C1CCC(N)CC1. The zero-order valence-corrected chi connectivity index (χ0v) is 13.0. The molecule has 1 fully saturated rings. The van der Waals surface area contributed by atoms with E-state index >= 15 is 0 Å². The van der Waals surface area contributed by atoms with Crippen LogP contribution < -0.4 is 11.1 Å². The van der Waals surface area contributed by atoms with Crippen LogP contribution in [0.2, 0.25) is 0 Å². The summed E-state index contributed by atoms with van der Waals surface area (Å²) in [6.07, 6.45) is 3.70. The van der Waals surface area contributed by atoms with E-state index in [1.165, 1.54) is 12.1 Å². The highest BCUT2D eigenvalue weighted by atomic mass is 19.1. The van der Waals surface area contributed by atoms with Crippen molar-refractivity contribution in [3.8, 4) is 0 Å². The number of β-amino-alcohol motifs (C(OH)–C–C–N with tert-alkyl or cyclic N) is 1. The number of nitrogens with one attached hydrogen (secondary N) is 1. The van der Waals surface area contributed by atoms with Crippen LogP contribution in [0.1, 0.15) is 51.2 Å². The molecule has 1 aliphatic rings. The van der Waals surface area contributed by atoms with Gasteiger partial charge in [0, 0.05) is 18.1 Å². The molecule has 0 amide bonds. The minimum atomic E-state index is -0.689. The monoisotopic (exact) mass is 294 g/mol. The van der Waals surface area contributed by atoms with Gasteiger partial charge in [0.2, 0.25) is 0 Å². The quantitative estimate of drug-likeness (QED) is 0.782. The van der Waals surface area contributed by atoms with Gasteiger partial charge in [-0.05, 0) is 63.1 Å². The average molecular weight is 294 g/mol. The van der Waals surface area contributed by atoms with Crippen molar-refractivity contribution in [3.05, 3.63) is 35.6 Å². The minimum Gasteiger partial charge on any atom is -0.387 e. The lowest BCUT2D eigenvalue weighted by atomic mass is 9.75. The van der Waals surface area contributed by atoms with Crippen molar-refractivity contribution in [1.82, 2.24) is 5.32 Å². The zero-order valence-electron chi connectivity index (χ0n) is 13.0. The summed E-state index contributed by atoms with van der Waals surface area (Å²) in [4.78, 5) is 0. The van der Waals surface area contributed by atoms with Crippen LogP contribution >= 0.6 is 0 Å². The van der Waals surface area contributed by atoms with Crippen molar-refractivity contribution < 1.29 is 9.50 Å². The molecule has 3 nitrogen and oxygen atoms in total. The summed E-state index contributed by atoms with van der Waals surface area (Å²) >= 11 is 0. The molecule has 1 aromatic rings. The Morgan fingerprint density at radius 3 is 2.62 bits per heavy atom. The van der Waals surface area contributed by atoms with E-state index in [2.05, 4.69) is 19.2 Å². The largest absolute Gasteiger partial charge is 0.387 e. The molecule has 1 atom stereocenters. The first-order chi connectivity index (χ1) is 9.88. The number of benzene rings is 1. The van der Waals surface area contributed by atoms with E-state index in [1.807, 2.05) is 0 Å². The summed E-state index contributed by atoms with van der Waals surface area (Å²) in [5.74, 6) is 0.254. The first-order valence-corrected chi connectivity index (χ1v) is 7.82. The van der Waals surface area contributed by atoms with Gasteiger partial charge >= 0.3 is 0 Å². The van der Waals surface area contributed by atoms with Gasteiger partial charge in [-0.2, -0.15) is 0 Å². The van der Waals surface area contributed by atoms with Gasteiger partial charge in [-0.15, -0.1) is 0 Å². The number of nitrogens with two attached hydrogens (primary N) is 1. The predicted molar refractivity (Wildman–Crippen MR) is 83.4 cm³/mol. The standard InChI is InChI=1S/C17H27FN2O/c1-17(2,13-6-8-15(19)9-7-13)20-11-16(21)12-4-3-5-14(18)10-12/h3-5,10,13,15-16,20-21H,6-9,11,19H2,1-2H3/t13?,15?,16-/m0/s1. The predicted octanol–water partition coefficient (Wildman–Crippen LogP) is 2.74. The molecule has 2 rings (SSSR count). The van der Waals surface area contributed by atoms with Crippen molar-refractivity contribution in [2.75, 3.05) is 6.54 Å². The third kappa shape index (κ3) is 4.50. The Bertz CT molecular complexity index is 456. The van der Waals surface area contributed by atoms with Gasteiger partial charge in [-0.1, -0.05) is 12.1 Å². The van der Waals surface area contributed by atoms with Crippen molar-refractivity contribution in [2.45, 2.75) is 57.2 Å². The highest BCUT2D eigenvalue weighted by Gasteiger charge is 2.32. The Labute approximate surface area is 126 Å². The van der Waals surface area contributed by atoms with Gasteiger partial charge in [0.1, 0.15) is 5.82 Å². The molecular formula is C17H27FN2O. The molecule has 0 aromatic heterocycles. The Hall–Kier alpha value is -0.970. The number of hydrogen-bond acceptors (Lipinski definition) is 3. The topological polar surface area (TPSA) is 58.3 Å². The summed E-state index contributed by atoms with van der Waals surface area (Å²) in [6, 6.07) is 6.50. The lowest BCUT2D eigenvalue weighted by Gasteiger charge is -2.40. The van der Waals surface area contributed by atoms with E-state index in [4.69, 9.17) is 5.73 Å². The molecule has 1 saturated carbocycles. The lowest BCUT2D eigenvalue weighted by Crippen LogP contribution is -2.49. The fourth-order valence-corrected chi connectivity index (χ4v) is 3.18. The van der Waals surface area contributed by atoms with Crippen LogP contribution in [-0.2, 0) is 0 Å². The van der Waals surface area contributed by atoms with Gasteiger partial charge in [0.15, 0.2) is 0 Å². The fourth-order valence-electron chi connectivity index (χ4n) is 3.18. The van der Waals surface area contributed by atoms with Crippen LogP contribution in [0.5, 0.6) is 0 Å². The maximum Gasteiger partial charge on any atom is 0.123 e. The van der Waals surface area contributed by atoms with Crippen LogP contribution in [0.3, 0.4) is 0 Å². The van der Waals surface area contributed by atoms with Gasteiger partial charge < -0.3 is 16.2 Å². The summed E-state index contributed by atoms with van der Waals surface area (Å²) in [5.41, 5.74) is 6.52. The van der Waals surface area contributed by atoms with Crippen molar-refractivity contribution in [1.29, 1.82) is 0 Å². The van der Waals surface area contributed by atoms with E-state index < -0.39 is 6.10 Å². The molecule has 118 valence electrons. The van der Waals surface area contributed by atoms with Crippen LogP contribution in [0.15, 0.2) is 24.3 Å². The van der Waals surface area contributed by atoms with E-state index in [0.717, 1.165) is 25.7 Å². The number of hydrogen-bond donors (Lipinski definition) is 3. The van der Waals surface area contributed by atoms with Crippen LogP contribution in [0.25, 0.3) is 0 Å². The minimum absolute atomic E-state index is 0.0472. The van der Waals surface area contributed by atoms with Crippen LogP contribution in [-0.4, -0.2) is 23.2 Å². The first-order valence-electron chi connectivity index (χ1n) is 7.82. The van der Waals surface area contributed by atoms with Crippen molar-refractivity contribution in [2.24, 2.45) is 11.7 Å². The number of rotatable bonds is 5. The Morgan fingerprint density at radius 2 is 2.00 bits per heavy atom. The molecule has 0 bridgehead atoms. The highest BCUT2D eigenvalue weighted by Crippen LogP contribution is 2.32. The molecule has 0 heterocycles. The van der Waals surface area contributed by atoms with Crippen molar-refractivity contribution in [3.63, 3.8) is 0 Å². The molecule has 1 aliphatic carbocycles.